The third-order valence-electron chi connectivity index (χ3n) is 3.30. The fourth-order valence-corrected chi connectivity index (χ4v) is 2.47. The Morgan fingerprint density at radius 2 is 1.95 bits per heavy atom. The highest BCUT2D eigenvalue weighted by Gasteiger charge is 2.22. The average Bonchev–Trinajstić information content (AvgIpc) is 2.91. The van der Waals surface area contributed by atoms with Gasteiger partial charge >= 0.3 is 0 Å². The molecule has 98 valence electrons. The molecule has 0 aliphatic carbocycles. The molecule has 2 heterocycles. The highest BCUT2D eigenvalue weighted by Crippen LogP contribution is 2.19. The molecular formula is C14H12ClNO3. The van der Waals surface area contributed by atoms with Crippen LogP contribution in [0.15, 0.2) is 33.5 Å². The molecule has 1 aliphatic heterocycles. The Hall–Kier alpha value is -1.81. The number of benzene rings is 1. The number of hydrogen-bond acceptors (Lipinski definition) is 3. The van der Waals surface area contributed by atoms with Crippen LogP contribution in [0.1, 0.15) is 23.4 Å². The molecule has 0 spiro atoms. The zero-order valence-electron chi connectivity index (χ0n) is 10.2. The van der Waals surface area contributed by atoms with Crippen molar-refractivity contribution in [1.82, 2.24) is 4.90 Å². The maximum absolute atomic E-state index is 12.2. The van der Waals surface area contributed by atoms with Crippen LogP contribution < -0.4 is 5.43 Å². The first-order chi connectivity index (χ1) is 9.15. The highest BCUT2D eigenvalue weighted by atomic mass is 35.5. The van der Waals surface area contributed by atoms with Crippen LogP contribution in [-0.4, -0.2) is 23.9 Å². The van der Waals surface area contributed by atoms with Crippen molar-refractivity contribution in [1.29, 1.82) is 0 Å². The quantitative estimate of drug-likeness (QED) is 0.805. The second kappa shape index (κ2) is 4.70. The summed E-state index contributed by atoms with van der Waals surface area (Å²) in [5, 5.41) is 0.906. The van der Waals surface area contributed by atoms with Crippen LogP contribution in [-0.2, 0) is 0 Å². The molecule has 3 rings (SSSR count). The molecule has 1 fully saturated rings. The van der Waals surface area contributed by atoms with Crippen LogP contribution in [0.4, 0.5) is 0 Å². The predicted molar refractivity (Wildman–Crippen MR) is 72.6 cm³/mol. The van der Waals surface area contributed by atoms with E-state index in [4.69, 9.17) is 16.0 Å². The Labute approximate surface area is 114 Å². The van der Waals surface area contributed by atoms with Crippen molar-refractivity contribution in [2.45, 2.75) is 12.8 Å². The van der Waals surface area contributed by atoms with Gasteiger partial charge in [-0.1, -0.05) is 11.6 Å². The van der Waals surface area contributed by atoms with Gasteiger partial charge in [-0.25, -0.2) is 0 Å². The molecule has 1 aliphatic rings. The van der Waals surface area contributed by atoms with Crippen LogP contribution in [0.3, 0.4) is 0 Å². The van der Waals surface area contributed by atoms with E-state index in [0.29, 0.717) is 16.0 Å². The molecule has 0 N–H and O–H groups in total. The Bertz CT molecular complexity index is 701. The fourth-order valence-electron chi connectivity index (χ4n) is 2.31. The van der Waals surface area contributed by atoms with E-state index in [1.807, 2.05) is 0 Å². The Balaban J connectivity index is 2.09. The summed E-state index contributed by atoms with van der Waals surface area (Å²) in [4.78, 5) is 25.8. The molecule has 1 aromatic carbocycles. The van der Waals surface area contributed by atoms with Crippen molar-refractivity contribution in [2.24, 2.45) is 0 Å². The van der Waals surface area contributed by atoms with E-state index in [2.05, 4.69) is 0 Å². The lowest BCUT2D eigenvalue weighted by atomic mass is 10.2. The van der Waals surface area contributed by atoms with Crippen LogP contribution >= 0.6 is 11.6 Å². The molecule has 1 saturated heterocycles. The van der Waals surface area contributed by atoms with Gasteiger partial charge in [-0.05, 0) is 25.0 Å². The Kier molecular flexibility index (Phi) is 3.03. The van der Waals surface area contributed by atoms with E-state index in [0.717, 1.165) is 25.9 Å². The van der Waals surface area contributed by atoms with Gasteiger partial charge in [0.1, 0.15) is 5.58 Å². The molecule has 19 heavy (non-hydrogen) atoms. The van der Waals surface area contributed by atoms with Crippen LogP contribution in [0.2, 0.25) is 5.02 Å². The van der Waals surface area contributed by atoms with Crippen molar-refractivity contribution in [3.63, 3.8) is 0 Å². The molecule has 0 bridgehead atoms. The van der Waals surface area contributed by atoms with E-state index in [-0.39, 0.29) is 17.1 Å². The molecule has 0 saturated carbocycles. The van der Waals surface area contributed by atoms with E-state index in [1.54, 1.807) is 23.1 Å². The zero-order chi connectivity index (χ0) is 13.4. The first-order valence-electron chi connectivity index (χ1n) is 6.18. The van der Waals surface area contributed by atoms with Crippen LogP contribution in [0, 0.1) is 0 Å². The molecule has 4 nitrogen and oxygen atoms in total. The van der Waals surface area contributed by atoms with Gasteiger partial charge in [0.05, 0.1) is 5.39 Å². The van der Waals surface area contributed by atoms with Crippen molar-refractivity contribution in [3.05, 3.63) is 45.3 Å². The van der Waals surface area contributed by atoms with Gasteiger partial charge < -0.3 is 9.32 Å². The second-order valence-corrected chi connectivity index (χ2v) is 5.05. The van der Waals surface area contributed by atoms with Gasteiger partial charge in [-0.3, -0.25) is 9.59 Å². The summed E-state index contributed by atoms with van der Waals surface area (Å²) in [5.41, 5.74) is 0.128. The molecule has 2 aromatic rings. The summed E-state index contributed by atoms with van der Waals surface area (Å²) < 4.78 is 5.52. The van der Waals surface area contributed by atoms with E-state index < -0.39 is 0 Å². The van der Waals surface area contributed by atoms with Crippen molar-refractivity contribution >= 4 is 28.5 Å². The summed E-state index contributed by atoms with van der Waals surface area (Å²) in [7, 11) is 0. The van der Waals surface area contributed by atoms with Crippen molar-refractivity contribution in [2.75, 3.05) is 13.1 Å². The summed E-state index contributed by atoms with van der Waals surface area (Å²) >= 11 is 5.87. The first-order valence-corrected chi connectivity index (χ1v) is 6.55. The molecule has 0 radical (unpaired) electrons. The second-order valence-electron chi connectivity index (χ2n) is 4.61. The summed E-state index contributed by atoms with van der Waals surface area (Å²) in [6, 6.07) is 6.05. The molecule has 0 unspecified atom stereocenters. The number of likely N-dealkylation sites (tertiary alicyclic amines) is 1. The zero-order valence-corrected chi connectivity index (χ0v) is 10.9. The molecule has 5 heteroatoms. The van der Waals surface area contributed by atoms with E-state index in [9.17, 15) is 9.59 Å². The number of amides is 1. The lowest BCUT2D eigenvalue weighted by Crippen LogP contribution is -2.28. The lowest BCUT2D eigenvalue weighted by molar-refractivity contribution is 0.0762. The fraction of sp³-hybridized carbons (Fsp3) is 0.286. The summed E-state index contributed by atoms with van der Waals surface area (Å²) in [6.07, 6.45) is 1.99. The summed E-state index contributed by atoms with van der Waals surface area (Å²) in [6.45, 7) is 1.44. The predicted octanol–water partition coefficient (Wildman–Crippen LogP) is 2.68. The van der Waals surface area contributed by atoms with Gasteiger partial charge in [0, 0.05) is 30.2 Å². The lowest BCUT2D eigenvalue weighted by Gasteiger charge is -2.14. The third kappa shape index (κ3) is 2.24. The van der Waals surface area contributed by atoms with Crippen molar-refractivity contribution in [3.8, 4) is 0 Å². The normalized spacial score (nSPS) is 15.1. The smallest absolute Gasteiger partial charge is 0.289 e. The van der Waals surface area contributed by atoms with Gasteiger partial charge in [0.15, 0.2) is 11.2 Å². The van der Waals surface area contributed by atoms with Crippen LogP contribution in [0.25, 0.3) is 11.0 Å². The van der Waals surface area contributed by atoms with Gasteiger partial charge in [-0.15, -0.1) is 0 Å². The van der Waals surface area contributed by atoms with E-state index >= 15 is 0 Å². The van der Waals surface area contributed by atoms with Gasteiger partial charge in [-0.2, -0.15) is 0 Å². The minimum Gasteiger partial charge on any atom is -0.451 e. The highest BCUT2D eigenvalue weighted by molar-refractivity contribution is 6.31. The van der Waals surface area contributed by atoms with Crippen LogP contribution in [0.5, 0.6) is 0 Å². The number of rotatable bonds is 1. The molecular weight excluding hydrogens is 266 g/mol. The standard InChI is InChI=1S/C14H12ClNO3/c15-9-3-4-10-11(17)8-13(19-12(10)7-9)14(18)16-5-1-2-6-16/h3-4,7-8H,1-2,5-6H2. The number of carbonyl (C=O) groups excluding carboxylic acids is 1. The Morgan fingerprint density at radius 3 is 2.68 bits per heavy atom. The topological polar surface area (TPSA) is 50.5 Å². The number of halogens is 1. The minimum absolute atomic E-state index is 0.0849. The molecule has 0 atom stereocenters. The van der Waals surface area contributed by atoms with Gasteiger partial charge in [0.25, 0.3) is 5.91 Å². The monoisotopic (exact) mass is 277 g/mol. The Morgan fingerprint density at radius 1 is 1.21 bits per heavy atom. The number of carbonyl (C=O) groups is 1. The van der Waals surface area contributed by atoms with Crippen molar-refractivity contribution < 1.29 is 9.21 Å². The minimum atomic E-state index is -0.225. The average molecular weight is 278 g/mol. The number of fused-ring (bicyclic) bond motifs is 1. The summed E-state index contributed by atoms with van der Waals surface area (Å²) in [5.74, 6) is -0.141. The molecule has 1 amide bonds. The first kappa shape index (κ1) is 12.2. The van der Waals surface area contributed by atoms with E-state index in [1.165, 1.54) is 6.07 Å². The SMILES string of the molecule is O=C(c1cc(=O)c2ccc(Cl)cc2o1)N1CCCC1. The number of hydrogen-bond donors (Lipinski definition) is 0. The maximum atomic E-state index is 12.2. The largest absolute Gasteiger partial charge is 0.451 e. The van der Waals surface area contributed by atoms with Gasteiger partial charge in [0.2, 0.25) is 0 Å². The third-order valence-corrected chi connectivity index (χ3v) is 3.53. The maximum Gasteiger partial charge on any atom is 0.289 e. The molecule has 1 aromatic heterocycles. The number of nitrogens with zero attached hydrogens (tertiary/aromatic N) is 1.